The number of aromatic nitrogens is 1. The first-order chi connectivity index (χ1) is 25.1. The van der Waals surface area contributed by atoms with E-state index >= 15 is 0 Å². The summed E-state index contributed by atoms with van der Waals surface area (Å²) in [5.74, 6) is -4.15. The number of nitrogens with two attached hydrogens (primary N) is 1. The highest BCUT2D eigenvalue weighted by molar-refractivity contribution is 7.13. The average Bonchev–Trinajstić information content (AvgIpc) is 3.56. The van der Waals surface area contributed by atoms with Gasteiger partial charge in [-0.15, -0.1) is 11.3 Å². The smallest absolute Gasteiger partial charge is 0.426 e. The number of hydrazine groups is 1. The molecule has 3 aromatic rings. The van der Waals surface area contributed by atoms with Crippen LogP contribution >= 0.6 is 11.3 Å². The van der Waals surface area contributed by atoms with Gasteiger partial charge in [0.1, 0.15) is 25.5 Å². The Morgan fingerprint density at radius 3 is 2.08 bits per heavy atom. The molecule has 0 bridgehead atoms. The zero-order valence-corrected chi connectivity index (χ0v) is 28.6. The summed E-state index contributed by atoms with van der Waals surface area (Å²) in [7, 11) is 0. The Balaban J connectivity index is 1.19. The van der Waals surface area contributed by atoms with Crippen LogP contribution in [0.3, 0.4) is 0 Å². The Hall–Kier alpha value is -6.75. The fourth-order valence-corrected chi connectivity index (χ4v) is 4.51. The molecule has 0 saturated carbocycles. The molecule has 1 unspecified atom stereocenters. The zero-order valence-electron chi connectivity index (χ0n) is 27.7. The van der Waals surface area contributed by atoms with E-state index < -0.39 is 70.1 Å². The predicted octanol–water partition coefficient (Wildman–Crippen LogP) is 1.68. The van der Waals surface area contributed by atoms with E-state index in [0.717, 1.165) is 16.4 Å². The number of ether oxygens (including phenoxy) is 3. The van der Waals surface area contributed by atoms with Crippen molar-refractivity contribution in [2.75, 3.05) is 25.5 Å². The van der Waals surface area contributed by atoms with Gasteiger partial charge >= 0.3 is 18.0 Å². The quantitative estimate of drug-likeness (QED) is 0.0467. The molecule has 0 aliphatic carbocycles. The normalized spacial score (nSPS) is 14.0. The maximum Gasteiger partial charge on any atom is 0.426 e. The number of nitro groups is 2. The first kappa shape index (κ1) is 39.0. The molecular formula is C30H30N8O14S. The molecule has 4 rings (SSSR count). The largest absolute Gasteiger partial charge is 0.459 e. The summed E-state index contributed by atoms with van der Waals surface area (Å²) in [6.45, 7) is 1.16. The van der Waals surface area contributed by atoms with Crippen molar-refractivity contribution in [1.82, 2.24) is 20.9 Å². The molecule has 0 spiro atoms. The lowest BCUT2D eigenvalue weighted by Crippen LogP contribution is -2.55. The van der Waals surface area contributed by atoms with Crippen LogP contribution in [-0.2, 0) is 56.3 Å². The fourth-order valence-electron chi connectivity index (χ4n) is 3.96. The number of nitrogens with one attached hydrogen (secondary N) is 2. The molecule has 1 aliphatic rings. The number of hydrogen-bond donors (Lipinski definition) is 3. The van der Waals surface area contributed by atoms with Gasteiger partial charge in [-0.2, -0.15) is 0 Å². The summed E-state index contributed by atoms with van der Waals surface area (Å²) < 4.78 is 15.2. The van der Waals surface area contributed by atoms with E-state index in [1.807, 2.05) is 10.9 Å². The molecule has 23 heteroatoms. The molecule has 1 aliphatic heterocycles. The Bertz CT molecular complexity index is 1900. The number of amides is 3. The maximum absolute atomic E-state index is 13.0. The van der Waals surface area contributed by atoms with Crippen LogP contribution in [0.1, 0.15) is 30.7 Å². The molecule has 1 aromatic heterocycles. The Morgan fingerprint density at radius 1 is 0.962 bits per heavy atom. The van der Waals surface area contributed by atoms with Crippen molar-refractivity contribution in [3.05, 3.63) is 91.0 Å². The molecule has 1 atom stereocenters. The van der Waals surface area contributed by atoms with Crippen molar-refractivity contribution in [3.63, 3.8) is 0 Å². The van der Waals surface area contributed by atoms with E-state index in [1.54, 1.807) is 0 Å². The number of benzene rings is 2. The van der Waals surface area contributed by atoms with Crippen molar-refractivity contribution in [1.29, 1.82) is 0 Å². The van der Waals surface area contributed by atoms with Crippen LogP contribution in [0, 0.1) is 26.1 Å². The summed E-state index contributed by atoms with van der Waals surface area (Å²) >= 11 is 0.965. The topological polar surface area (TPSA) is 296 Å². The van der Waals surface area contributed by atoms with Gasteiger partial charge in [0.05, 0.1) is 22.3 Å². The zero-order chi connectivity index (χ0) is 38.7. The summed E-state index contributed by atoms with van der Waals surface area (Å²) in [5.41, 5.74) is 8.09. The maximum atomic E-state index is 13.0. The first-order valence-electron chi connectivity index (χ1n) is 15.1. The van der Waals surface area contributed by atoms with Crippen molar-refractivity contribution >= 4 is 63.4 Å². The van der Waals surface area contributed by atoms with Gasteiger partial charge in [-0.1, -0.05) is 5.16 Å². The summed E-state index contributed by atoms with van der Waals surface area (Å²) in [6, 6.07) is 10.7. The number of hydrogen-bond acceptors (Lipinski definition) is 18. The summed E-state index contributed by atoms with van der Waals surface area (Å²) in [5, 5.41) is 27.6. The average molecular weight is 759 g/mol. The standard InChI is InChI=1S/C30H30N8O14S/c1-30(2,27(42)49-13-18-5-9-21(10-6-18)38(46)47)52-35-24(22-16-53-28(31)32-22)25(40)33-34-29(43)50-14-19-11-36(26(19)41)51-15-23(39)48-12-17-3-7-20(8-4-17)37(44)45/h3-10,16,19H,11-15H2,1-2H3,(H2,31,32)(H,33,40)(H,34,43)/b35-24-. The minimum atomic E-state index is -1.75. The monoisotopic (exact) mass is 758 g/mol. The lowest BCUT2D eigenvalue weighted by molar-refractivity contribution is -0.385. The van der Waals surface area contributed by atoms with Gasteiger partial charge in [-0.3, -0.25) is 40.1 Å². The van der Waals surface area contributed by atoms with Gasteiger partial charge in [-0.05, 0) is 49.2 Å². The molecule has 3 amide bonds. The number of oxime groups is 1. The van der Waals surface area contributed by atoms with Gasteiger partial charge < -0.3 is 24.8 Å². The SMILES string of the molecule is CC(C)(O/N=C(\C(=O)NNC(=O)OCC1CN(OCC(=O)OCc2ccc([N+](=O)[O-])cc2)C1=O)c1csc(N)n1)C(=O)OCc1ccc([N+](=O)[O-])cc1. The molecule has 1 fully saturated rings. The number of carbonyl (C=O) groups is 5. The minimum absolute atomic E-state index is 0.0282. The lowest BCUT2D eigenvalue weighted by Gasteiger charge is -2.36. The highest BCUT2D eigenvalue weighted by Crippen LogP contribution is 2.20. The highest BCUT2D eigenvalue weighted by atomic mass is 32.1. The predicted molar refractivity (Wildman–Crippen MR) is 178 cm³/mol. The fraction of sp³-hybridized carbons (Fsp3) is 0.300. The first-order valence-corrected chi connectivity index (χ1v) is 16.0. The van der Waals surface area contributed by atoms with E-state index in [9.17, 15) is 44.2 Å². The third kappa shape index (κ3) is 11.1. The Morgan fingerprint density at radius 2 is 1.55 bits per heavy atom. The van der Waals surface area contributed by atoms with Crippen molar-refractivity contribution in [3.8, 4) is 0 Å². The van der Waals surface area contributed by atoms with Crippen LogP contribution in [-0.4, -0.2) is 80.8 Å². The van der Waals surface area contributed by atoms with Crippen molar-refractivity contribution in [2.24, 2.45) is 11.1 Å². The van der Waals surface area contributed by atoms with E-state index in [0.29, 0.717) is 11.1 Å². The number of anilines is 1. The van der Waals surface area contributed by atoms with Gasteiger partial charge in [0.15, 0.2) is 17.5 Å². The summed E-state index contributed by atoms with van der Waals surface area (Å²) in [4.78, 5) is 97.0. The second-order valence-corrected chi connectivity index (χ2v) is 12.1. The van der Waals surface area contributed by atoms with Crippen LogP contribution in [0.15, 0.2) is 59.1 Å². The van der Waals surface area contributed by atoms with Crippen LogP contribution < -0.4 is 16.6 Å². The number of nitro benzene ring substituents is 2. The molecular weight excluding hydrogens is 728 g/mol. The lowest BCUT2D eigenvalue weighted by atomic mass is 10.0. The molecule has 1 saturated heterocycles. The van der Waals surface area contributed by atoms with Crippen LogP contribution in [0.25, 0.3) is 0 Å². The number of nitrogens with zero attached hydrogens (tertiary/aromatic N) is 5. The number of esters is 2. The van der Waals surface area contributed by atoms with Crippen molar-refractivity contribution < 1.29 is 57.7 Å². The van der Waals surface area contributed by atoms with Crippen LogP contribution in [0.4, 0.5) is 21.3 Å². The third-order valence-corrected chi connectivity index (χ3v) is 7.59. The van der Waals surface area contributed by atoms with Gasteiger partial charge in [-0.25, -0.2) is 29.9 Å². The number of hydroxylamine groups is 2. The molecule has 53 heavy (non-hydrogen) atoms. The number of β-lactam (4-membered cyclic amide) rings is 1. The molecule has 0 radical (unpaired) electrons. The molecule has 280 valence electrons. The van der Waals surface area contributed by atoms with Crippen LogP contribution in [0.2, 0.25) is 0 Å². The molecule has 2 heterocycles. The number of thiazole rings is 1. The molecule has 4 N–H and O–H groups in total. The van der Waals surface area contributed by atoms with E-state index in [-0.39, 0.29) is 42.0 Å². The Labute approximate surface area is 302 Å². The van der Waals surface area contributed by atoms with E-state index in [4.69, 9.17) is 29.6 Å². The number of non-ortho nitro benzene ring substituents is 2. The number of carbonyl (C=O) groups excluding carboxylic acids is 5. The third-order valence-electron chi connectivity index (χ3n) is 6.91. The van der Waals surface area contributed by atoms with E-state index in [1.165, 1.54) is 67.8 Å². The van der Waals surface area contributed by atoms with Crippen molar-refractivity contribution in [2.45, 2.75) is 32.7 Å². The van der Waals surface area contributed by atoms with Gasteiger partial charge in [0, 0.05) is 29.6 Å². The molecule has 2 aromatic carbocycles. The second-order valence-electron chi connectivity index (χ2n) is 11.2. The van der Waals surface area contributed by atoms with Gasteiger partial charge in [0.2, 0.25) is 5.60 Å². The van der Waals surface area contributed by atoms with E-state index in [2.05, 4.69) is 10.1 Å². The highest BCUT2D eigenvalue weighted by Gasteiger charge is 2.39. The number of rotatable bonds is 16. The summed E-state index contributed by atoms with van der Waals surface area (Å²) in [6.07, 6.45) is -1.16. The van der Waals surface area contributed by atoms with Crippen LogP contribution in [0.5, 0.6) is 0 Å². The minimum Gasteiger partial charge on any atom is -0.459 e. The second kappa shape index (κ2) is 17.5. The Kier molecular flexibility index (Phi) is 12.9. The number of nitrogen functional groups attached to an aromatic ring is 1. The van der Waals surface area contributed by atoms with Gasteiger partial charge in [0.25, 0.3) is 23.2 Å². The molecule has 22 nitrogen and oxygen atoms in total.